The van der Waals surface area contributed by atoms with Gasteiger partial charge < -0.3 is 15.3 Å². The third-order valence-corrected chi connectivity index (χ3v) is 6.11. The van der Waals surface area contributed by atoms with Gasteiger partial charge in [-0.1, -0.05) is 52.7 Å². The number of hydrogen-bond acceptors (Lipinski definition) is 3. The van der Waals surface area contributed by atoms with Crippen LogP contribution in [0.2, 0.25) is 0 Å². The van der Waals surface area contributed by atoms with Crippen LogP contribution in [0.25, 0.3) is 0 Å². The highest BCUT2D eigenvalue weighted by Gasteiger charge is 2.56. The second kappa shape index (κ2) is 15.8. The van der Waals surface area contributed by atoms with E-state index in [1.807, 2.05) is 32.9 Å². The number of nitrogens with zero attached hydrogens (tertiary/aromatic N) is 1. The quantitative estimate of drug-likeness (QED) is 0.146. The molecule has 31 heavy (non-hydrogen) atoms. The van der Waals surface area contributed by atoms with Crippen LogP contribution in [0.1, 0.15) is 98.3 Å². The first-order valence-electron chi connectivity index (χ1n) is 11.9. The fourth-order valence-corrected chi connectivity index (χ4v) is 4.69. The number of hydrogen-bond donors (Lipinski definition) is 3. The molecule has 0 bridgehead atoms. The molecule has 0 radical (unpaired) electrons. The van der Waals surface area contributed by atoms with E-state index in [0.29, 0.717) is 25.7 Å². The molecule has 0 aliphatic rings. The van der Waals surface area contributed by atoms with Crippen molar-refractivity contribution in [1.29, 1.82) is 0 Å². The van der Waals surface area contributed by atoms with Gasteiger partial charge in [0.15, 0.2) is 18.1 Å². The third kappa shape index (κ3) is 8.63. The molecule has 0 spiro atoms. The molecule has 0 fully saturated rings. The maximum absolute atomic E-state index is 12.4. The molecule has 180 valence electrons. The Labute approximate surface area is 187 Å². The molecule has 0 heterocycles. The van der Waals surface area contributed by atoms with Crippen LogP contribution in [0, 0.1) is 0 Å². The van der Waals surface area contributed by atoms with E-state index in [-0.39, 0.29) is 25.8 Å². The highest BCUT2D eigenvalue weighted by atomic mass is 16.4. The Balaban J connectivity index is 6.41. The Bertz CT molecular complexity index is 515. The average molecular weight is 443 g/mol. The van der Waals surface area contributed by atoms with Crippen LogP contribution >= 0.6 is 0 Å². The van der Waals surface area contributed by atoms with Gasteiger partial charge in [-0.25, -0.2) is 14.4 Å². The highest BCUT2D eigenvalue weighted by molar-refractivity contribution is 5.78. The number of carbonyl (C=O) groups is 3. The molecule has 0 rings (SSSR count). The zero-order chi connectivity index (χ0) is 23.9. The normalized spacial score (nSPS) is 16.5. The molecule has 0 aliphatic heterocycles. The zero-order valence-corrected chi connectivity index (χ0v) is 19.9. The van der Waals surface area contributed by atoms with Crippen LogP contribution in [0.3, 0.4) is 0 Å². The maximum Gasteiger partial charge on any atom is 0.362 e. The molecule has 3 N–H and O–H groups in total. The number of carboxylic acid groups (broad SMARTS) is 3. The van der Waals surface area contributed by atoms with E-state index in [0.717, 1.165) is 25.7 Å². The lowest BCUT2D eigenvalue weighted by atomic mass is 9.91. The van der Waals surface area contributed by atoms with Crippen molar-refractivity contribution in [2.75, 3.05) is 6.54 Å². The van der Waals surface area contributed by atoms with Gasteiger partial charge in [-0.3, -0.25) is 4.48 Å². The molecule has 0 saturated carbocycles. The molecule has 0 aromatic heterocycles. The van der Waals surface area contributed by atoms with Gasteiger partial charge >= 0.3 is 17.9 Å². The van der Waals surface area contributed by atoms with Gasteiger partial charge in [-0.2, -0.15) is 0 Å². The first kappa shape index (κ1) is 29.1. The summed E-state index contributed by atoms with van der Waals surface area (Å²) >= 11 is 0. The van der Waals surface area contributed by atoms with Crippen molar-refractivity contribution >= 4 is 17.9 Å². The number of quaternary nitrogens is 1. The summed E-state index contributed by atoms with van der Waals surface area (Å²) in [6.45, 7) is 7.88. The van der Waals surface area contributed by atoms with Gasteiger partial charge in [0.05, 0.1) is 6.54 Å². The van der Waals surface area contributed by atoms with Crippen molar-refractivity contribution < 1.29 is 34.2 Å². The monoisotopic (exact) mass is 442 g/mol. The SMILES string of the molecule is CCCCC/C=C\CC[N+](C(CCC)C(=O)O)(C(CCC)C(=O)O)C(CCC)C(=O)O. The molecule has 0 amide bonds. The third-order valence-electron chi connectivity index (χ3n) is 6.11. The maximum atomic E-state index is 12.4. The first-order valence-corrected chi connectivity index (χ1v) is 11.9. The molecular formula is C24H44NO6+. The van der Waals surface area contributed by atoms with Crippen LogP contribution in [0.5, 0.6) is 0 Å². The fourth-order valence-electron chi connectivity index (χ4n) is 4.69. The summed E-state index contributed by atoms with van der Waals surface area (Å²) in [4.78, 5) is 37.2. The van der Waals surface area contributed by atoms with Gasteiger partial charge in [-0.05, 0) is 32.1 Å². The average Bonchev–Trinajstić information content (AvgIpc) is 2.71. The molecule has 3 atom stereocenters. The van der Waals surface area contributed by atoms with Crippen LogP contribution in [-0.2, 0) is 14.4 Å². The highest BCUT2D eigenvalue weighted by Crippen LogP contribution is 2.34. The Hall–Kier alpha value is -1.89. The van der Waals surface area contributed by atoms with E-state index >= 15 is 0 Å². The van der Waals surface area contributed by atoms with Crippen molar-refractivity contribution in [3.05, 3.63) is 12.2 Å². The molecule has 7 heteroatoms. The van der Waals surface area contributed by atoms with Crippen LogP contribution < -0.4 is 0 Å². The number of allylic oxidation sites excluding steroid dienone is 1. The predicted molar refractivity (Wildman–Crippen MR) is 122 cm³/mol. The summed E-state index contributed by atoms with van der Waals surface area (Å²) in [5, 5.41) is 30.4. The van der Waals surface area contributed by atoms with E-state index in [2.05, 4.69) is 6.92 Å². The van der Waals surface area contributed by atoms with Crippen molar-refractivity contribution in [3.8, 4) is 0 Å². The second-order valence-electron chi connectivity index (χ2n) is 8.40. The largest absolute Gasteiger partial charge is 0.477 e. The molecular weight excluding hydrogens is 398 g/mol. The minimum atomic E-state index is -1.11. The molecule has 0 saturated heterocycles. The predicted octanol–water partition coefficient (Wildman–Crippen LogP) is 5.09. The van der Waals surface area contributed by atoms with E-state index in [9.17, 15) is 29.7 Å². The van der Waals surface area contributed by atoms with Crippen molar-refractivity contribution in [2.24, 2.45) is 0 Å². The summed E-state index contributed by atoms with van der Waals surface area (Å²) in [6, 6.07) is -3.21. The van der Waals surface area contributed by atoms with E-state index in [1.54, 1.807) is 0 Å². The summed E-state index contributed by atoms with van der Waals surface area (Å²) in [6.07, 6.45) is 11.1. The standard InChI is InChI=1S/C24H43NO6/c1-5-9-10-11-12-13-14-18-25(19(15-6-2)22(26)27,20(16-7-3)23(28)29)21(17-8-4)24(30)31/h12-13,19-21H,5-11,14-18H2,1-4H3,(H2-,26,27,28,29,30,31)/p+1/b13-12-. The smallest absolute Gasteiger partial charge is 0.362 e. The summed E-state index contributed by atoms with van der Waals surface area (Å²) in [5.41, 5.74) is 0. The van der Waals surface area contributed by atoms with Gasteiger partial charge in [0.2, 0.25) is 0 Å². The summed E-state index contributed by atoms with van der Waals surface area (Å²) in [7, 11) is 0. The topological polar surface area (TPSA) is 112 Å². The molecule has 7 nitrogen and oxygen atoms in total. The zero-order valence-electron chi connectivity index (χ0n) is 19.9. The second-order valence-corrected chi connectivity index (χ2v) is 8.40. The fraction of sp³-hybridized carbons (Fsp3) is 0.792. The van der Waals surface area contributed by atoms with E-state index < -0.39 is 40.5 Å². The van der Waals surface area contributed by atoms with Gasteiger partial charge in [0.1, 0.15) is 0 Å². The van der Waals surface area contributed by atoms with Crippen molar-refractivity contribution in [3.63, 3.8) is 0 Å². The van der Waals surface area contributed by atoms with E-state index in [4.69, 9.17) is 0 Å². The minimum absolute atomic E-state index is 0.190. The Kier molecular flexibility index (Phi) is 14.9. The first-order chi connectivity index (χ1) is 14.7. The Morgan fingerprint density at radius 3 is 1.35 bits per heavy atom. The van der Waals surface area contributed by atoms with Crippen LogP contribution in [-0.4, -0.2) is 62.4 Å². The summed E-state index contributed by atoms with van der Waals surface area (Å²) < 4.78 is -0.422. The minimum Gasteiger partial charge on any atom is -0.477 e. The van der Waals surface area contributed by atoms with Crippen LogP contribution in [0.4, 0.5) is 0 Å². The number of aliphatic carboxylic acids is 3. The Morgan fingerprint density at radius 1 is 0.645 bits per heavy atom. The molecule has 0 aromatic rings. The van der Waals surface area contributed by atoms with Gasteiger partial charge in [0, 0.05) is 25.7 Å². The van der Waals surface area contributed by atoms with Gasteiger partial charge in [0.25, 0.3) is 0 Å². The number of carboxylic acids is 3. The molecule has 3 unspecified atom stereocenters. The number of rotatable bonds is 19. The molecule has 0 aliphatic carbocycles. The Morgan fingerprint density at radius 2 is 1.03 bits per heavy atom. The van der Waals surface area contributed by atoms with Gasteiger partial charge in [-0.15, -0.1) is 0 Å². The number of unbranched alkanes of at least 4 members (excludes halogenated alkanes) is 3. The van der Waals surface area contributed by atoms with Crippen molar-refractivity contribution in [1.82, 2.24) is 0 Å². The van der Waals surface area contributed by atoms with Crippen LogP contribution in [0.15, 0.2) is 12.2 Å². The van der Waals surface area contributed by atoms with E-state index in [1.165, 1.54) is 0 Å². The van der Waals surface area contributed by atoms with Crippen molar-refractivity contribution in [2.45, 2.75) is 116 Å². The lowest BCUT2D eigenvalue weighted by Crippen LogP contribution is -2.72. The molecule has 0 aromatic carbocycles. The summed E-state index contributed by atoms with van der Waals surface area (Å²) in [5.74, 6) is -3.34. The lowest BCUT2D eigenvalue weighted by Gasteiger charge is -2.50. The lowest BCUT2D eigenvalue weighted by molar-refractivity contribution is -0.973.